The summed E-state index contributed by atoms with van der Waals surface area (Å²) in [5.74, 6) is 1.54. The first kappa shape index (κ1) is 13.3. The van der Waals surface area contributed by atoms with Crippen LogP contribution in [0.15, 0.2) is 42.7 Å². The summed E-state index contributed by atoms with van der Waals surface area (Å²) in [5, 5.41) is 0. The van der Waals surface area contributed by atoms with E-state index in [4.69, 9.17) is 9.47 Å². The summed E-state index contributed by atoms with van der Waals surface area (Å²) in [7, 11) is 1.66. The van der Waals surface area contributed by atoms with Crippen molar-refractivity contribution in [2.45, 2.75) is 26.5 Å². The van der Waals surface area contributed by atoms with Crippen LogP contribution >= 0.6 is 0 Å². The molecule has 1 aromatic carbocycles. The quantitative estimate of drug-likeness (QED) is 0.867. The van der Waals surface area contributed by atoms with Gasteiger partial charge in [0.1, 0.15) is 0 Å². The standard InChI is InChI=1S/C15H20N2O2/c1-12(2)19-14-7-6-13(10-15(14)18-3)11-16-17-8-4-5-9-17/h4-10,12,16H,11H2,1-3H3. The molecule has 0 aliphatic carbocycles. The van der Waals surface area contributed by atoms with E-state index in [1.165, 1.54) is 0 Å². The molecule has 0 spiro atoms. The molecule has 0 atom stereocenters. The first-order valence-corrected chi connectivity index (χ1v) is 6.39. The molecule has 0 fully saturated rings. The van der Waals surface area contributed by atoms with Gasteiger partial charge in [0.25, 0.3) is 0 Å². The zero-order valence-electron chi connectivity index (χ0n) is 11.6. The van der Waals surface area contributed by atoms with Crippen molar-refractivity contribution in [2.24, 2.45) is 0 Å². The second kappa shape index (κ2) is 6.18. The fraction of sp³-hybridized carbons (Fsp3) is 0.333. The minimum Gasteiger partial charge on any atom is -0.493 e. The van der Waals surface area contributed by atoms with Crippen LogP contribution in [-0.2, 0) is 6.54 Å². The van der Waals surface area contributed by atoms with Gasteiger partial charge in [-0.1, -0.05) is 6.07 Å². The molecule has 4 heteroatoms. The summed E-state index contributed by atoms with van der Waals surface area (Å²) in [5.41, 5.74) is 4.41. The molecule has 0 bridgehead atoms. The van der Waals surface area contributed by atoms with Crippen LogP contribution in [-0.4, -0.2) is 17.9 Å². The van der Waals surface area contributed by atoms with Crippen LogP contribution < -0.4 is 14.9 Å². The largest absolute Gasteiger partial charge is 0.493 e. The highest BCUT2D eigenvalue weighted by Gasteiger charge is 2.07. The van der Waals surface area contributed by atoms with E-state index in [-0.39, 0.29) is 6.10 Å². The highest BCUT2D eigenvalue weighted by atomic mass is 16.5. The minimum atomic E-state index is 0.137. The van der Waals surface area contributed by atoms with E-state index in [9.17, 15) is 0 Å². The van der Waals surface area contributed by atoms with Crippen molar-refractivity contribution < 1.29 is 9.47 Å². The lowest BCUT2D eigenvalue weighted by Gasteiger charge is -2.15. The maximum absolute atomic E-state index is 5.69. The Morgan fingerprint density at radius 3 is 2.53 bits per heavy atom. The number of nitrogens with zero attached hydrogens (tertiary/aromatic N) is 1. The van der Waals surface area contributed by atoms with Crippen LogP contribution in [0.5, 0.6) is 11.5 Å². The molecule has 0 aliphatic rings. The molecule has 2 rings (SSSR count). The lowest BCUT2D eigenvalue weighted by atomic mass is 10.2. The molecule has 0 saturated carbocycles. The Balaban J connectivity index is 2.05. The molecule has 0 radical (unpaired) electrons. The van der Waals surface area contributed by atoms with Crippen LogP contribution in [0.3, 0.4) is 0 Å². The van der Waals surface area contributed by atoms with E-state index in [0.717, 1.165) is 23.6 Å². The van der Waals surface area contributed by atoms with Gasteiger partial charge in [-0.05, 0) is 43.7 Å². The third kappa shape index (κ3) is 3.68. The summed E-state index contributed by atoms with van der Waals surface area (Å²) >= 11 is 0. The molecule has 1 N–H and O–H groups in total. The van der Waals surface area contributed by atoms with Crippen LogP contribution in [0.1, 0.15) is 19.4 Å². The molecular weight excluding hydrogens is 240 g/mol. The number of hydrogen-bond donors (Lipinski definition) is 1. The lowest BCUT2D eigenvalue weighted by Crippen LogP contribution is -2.12. The van der Waals surface area contributed by atoms with Crippen molar-refractivity contribution >= 4 is 0 Å². The predicted molar refractivity (Wildman–Crippen MR) is 76.3 cm³/mol. The van der Waals surface area contributed by atoms with E-state index in [1.807, 2.05) is 61.2 Å². The zero-order valence-corrected chi connectivity index (χ0v) is 11.6. The molecule has 0 aliphatic heterocycles. The van der Waals surface area contributed by atoms with Crippen LogP contribution in [0.2, 0.25) is 0 Å². The third-order valence-corrected chi connectivity index (χ3v) is 2.66. The Labute approximate surface area is 113 Å². The first-order chi connectivity index (χ1) is 9.19. The summed E-state index contributed by atoms with van der Waals surface area (Å²) in [6, 6.07) is 9.94. The molecule has 0 unspecified atom stereocenters. The number of benzene rings is 1. The van der Waals surface area contributed by atoms with Gasteiger partial charge in [-0.3, -0.25) is 4.68 Å². The maximum atomic E-state index is 5.69. The van der Waals surface area contributed by atoms with E-state index < -0.39 is 0 Å². The van der Waals surface area contributed by atoms with Gasteiger partial charge in [0.05, 0.1) is 19.8 Å². The average molecular weight is 260 g/mol. The summed E-state index contributed by atoms with van der Waals surface area (Å²) in [4.78, 5) is 0. The van der Waals surface area contributed by atoms with Crippen LogP contribution in [0.4, 0.5) is 0 Å². The van der Waals surface area contributed by atoms with Crippen LogP contribution in [0, 0.1) is 0 Å². The Morgan fingerprint density at radius 1 is 1.16 bits per heavy atom. The van der Waals surface area contributed by atoms with E-state index in [1.54, 1.807) is 7.11 Å². The van der Waals surface area contributed by atoms with Gasteiger partial charge in [-0.25, -0.2) is 0 Å². The molecule has 1 aromatic heterocycles. The van der Waals surface area contributed by atoms with Gasteiger partial charge in [0, 0.05) is 12.4 Å². The molecule has 4 nitrogen and oxygen atoms in total. The molecule has 2 aromatic rings. The Kier molecular flexibility index (Phi) is 4.34. The maximum Gasteiger partial charge on any atom is 0.161 e. The molecule has 19 heavy (non-hydrogen) atoms. The van der Waals surface area contributed by atoms with Gasteiger partial charge in [-0.15, -0.1) is 0 Å². The van der Waals surface area contributed by atoms with Gasteiger partial charge < -0.3 is 14.9 Å². The fourth-order valence-electron chi connectivity index (χ4n) is 1.80. The zero-order chi connectivity index (χ0) is 13.7. The van der Waals surface area contributed by atoms with Crippen molar-refractivity contribution in [3.05, 3.63) is 48.3 Å². The molecule has 0 saturated heterocycles. The number of ether oxygens (including phenoxy) is 2. The Bertz CT molecular complexity index is 507. The monoisotopic (exact) mass is 260 g/mol. The normalized spacial score (nSPS) is 10.5. The molecule has 0 amide bonds. The molecule has 1 heterocycles. The Hall–Kier alpha value is -2.10. The first-order valence-electron chi connectivity index (χ1n) is 6.39. The number of rotatable bonds is 6. The number of hydrogen-bond acceptors (Lipinski definition) is 3. The summed E-state index contributed by atoms with van der Waals surface area (Å²) in [6.07, 6.45) is 4.07. The van der Waals surface area contributed by atoms with E-state index in [0.29, 0.717) is 0 Å². The average Bonchev–Trinajstić information content (AvgIpc) is 2.90. The van der Waals surface area contributed by atoms with Gasteiger partial charge in [-0.2, -0.15) is 0 Å². The highest BCUT2D eigenvalue weighted by Crippen LogP contribution is 2.28. The van der Waals surface area contributed by atoms with E-state index >= 15 is 0 Å². The van der Waals surface area contributed by atoms with Gasteiger partial charge in [0.15, 0.2) is 11.5 Å². The smallest absolute Gasteiger partial charge is 0.161 e. The van der Waals surface area contributed by atoms with Gasteiger partial charge >= 0.3 is 0 Å². The highest BCUT2D eigenvalue weighted by molar-refractivity contribution is 5.43. The van der Waals surface area contributed by atoms with Crippen molar-refractivity contribution in [1.82, 2.24) is 4.68 Å². The van der Waals surface area contributed by atoms with Crippen molar-refractivity contribution in [2.75, 3.05) is 12.5 Å². The number of nitrogens with one attached hydrogen (secondary N) is 1. The number of aromatic nitrogens is 1. The number of methoxy groups -OCH3 is 1. The van der Waals surface area contributed by atoms with Crippen molar-refractivity contribution in [1.29, 1.82) is 0 Å². The molecular formula is C15H20N2O2. The van der Waals surface area contributed by atoms with Crippen LogP contribution in [0.25, 0.3) is 0 Å². The second-order valence-corrected chi connectivity index (χ2v) is 4.58. The summed E-state index contributed by atoms with van der Waals surface area (Å²) in [6.45, 7) is 4.73. The Morgan fingerprint density at radius 2 is 1.89 bits per heavy atom. The predicted octanol–water partition coefficient (Wildman–Crippen LogP) is 3.03. The third-order valence-electron chi connectivity index (χ3n) is 2.66. The SMILES string of the molecule is COc1cc(CNn2cccc2)ccc1OC(C)C. The topological polar surface area (TPSA) is 35.4 Å². The second-order valence-electron chi connectivity index (χ2n) is 4.58. The lowest BCUT2D eigenvalue weighted by molar-refractivity contribution is 0.230. The summed E-state index contributed by atoms with van der Waals surface area (Å²) < 4.78 is 13.0. The fourth-order valence-corrected chi connectivity index (χ4v) is 1.80. The molecule has 102 valence electrons. The van der Waals surface area contributed by atoms with Crippen molar-refractivity contribution in [3.63, 3.8) is 0 Å². The van der Waals surface area contributed by atoms with Gasteiger partial charge in [0.2, 0.25) is 0 Å². The van der Waals surface area contributed by atoms with Crippen molar-refractivity contribution in [3.8, 4) is 11.5 Å². The van der Waals surface area contributed by atoms with E-state index in [2.05, 4.69) is 5.43 Å². The minimum absolute atomic E-state index is 0.137.